The second kappa shape index (κ2) is 3.56. The van der Waals surface area contributed by atoms with Crippen LogP contribution in [0.5, 0.6) is 11.5 Å². The number of benzene rings is 1. The number of aromatic hydroxyl groups is 2. The Morgan fingerprint density at radius 2 is 1.50 bits per heavy atom. The van der Waals surface area contributed by atoms with E-state index in [1.54, 1.807) is 12.1 Å². The predicted molar refractivity (Wildman–Crippen MR) is 60.8 cm³/mol. The highest BCUT2D eigenvalue weighted by Crippen LogP contribution is 2.34. The summed E-state index contributed by atoms with van der Waals surface area (Å²) in [7, 11) is 0. The lowest BCUT2D eigenvalue weighted by atomic mass is 10.1. The van der Waals surface area contributed by atoms with Crippen LogP contribution in [0.15, 0.2) is 12.1 Å². The molecule has 0 bridgehead atoms. The van der Waals surface area contributed by atoms with Gasteiger partial charge in [0.25, 0.3) is 0 Å². The molecule has 0 radical (unpaired) electrons. The summed E-state index contributed by atoms with van der Waals surface area (Å²) in [5.74, 6) is -0.138. The molecule has 0 saturated heterocycles. The second-order valence-corrected chi connectivity index (χ2v) is 4.75. The Bertz CT molecular complexity index is 337. The maximum absolute atomic E-state index is 9.30. The zero-order valence-electron chi connectivity index (χ0n) is 7.38. The van der Waals surface area contributed by atoms with Crippen LogP contribution in [-0.2, 0) is 13.1 Å². The molecular formula is C9H11NO2S2. The van der Waals surface area contributed by atoms with Crippen LogP contribution in [-0.4, -0.2) is 19.8 Å². The van der Waals surface area contributed by atoms with Gasteiger partial charge >= 0.3 is 0 Å². The average Bonchev–Trinajstić information content (AvgIpc) is 2.48. The topological polar surface area (TPSA) is 43.7 Å². The Morgan fingerprint density at radius 1 is 1.07 bits per heavy atom. The standard InChI is InChI=1S/C9H11NO2S2/c11-7-1-5-3-10(9(13)14)4-6(5)2-8(7)12/h1-2,9,11-14H,3-4H2. The molecule has 0 aromatic heterocycles. The van der Waals surface area contributed by atoms with Crippen molar-refractivity contribution >= 4 is 25.3 Å². The van der Waals surface area contributed by atoms with Gasteiger partial charge in [-0.1, -0.05) is 0 Å². The fraction of sp³-hybridized carbons (Fsp3) is 0.333. The Kier molecular flexibility index (Phi) is 2.55. The van der Waals surface area contributed by atoms with Crippen LogP contribution < -0.4 is 0 Å². The van der Waals surface area contributed by atoms with Crippen molar-refractivity contribution in [2.75, 3.05) is 0 Å². The van der Waals surface area contributed by atoms with Crippen LogP contribution in [0, 0.1) is 0 Å². The first kappa shape index (κ1) is 10.0. The van der Waals surface area contributed by atoms with E-state index in [-0.39, 0.29) is 16.2 Å². The minimum atomic E-state index is -0.119. The number of phenols is 2. The first-order valence-corrected chi connectivity index (χ1v) is 5.25. The molecule has 1 aromatic rings. The van der Waals surface area contributed by atoms with Crippen LogP contribution in [0.25, 0.3) is 0 Å². The van der Waals surface area contributed by atoms with Gasteiger partial charge in [-0.25, -0.2) is 0 Å². The van der Waals surface area contributed by atoms with E-state index in [0.717, 1.165) is 11.1 Å². The van der Waals surface area contributed by atoms with Crippen molar-refractivity contribution in [3.8, 4) is 11.5 Å². The Labute approximate surface area is 93.2 Å². The highest BCUT2D eigenvalue weighted by Gasteiger charge is 2.23. The number of thiol groups is 2. The van der Waals surface area contributed by atoms with E-state index in [1.165, 1.54) is 0 Å². The molecule has 0 spiro atoms. The van der Waals surface area contributed by atoms with Crippen LogP contribution in [0.2, 0.25) is 0 Å². The summed E-state index contributed by atoms with van der Waals surface area (Å²) in [6.45, 7) is 1.42. The number of hydrogen-bond donors (Lipinski definition) is 4. The molecule has 0 fully saturated rings. The van der Waals surface area contributed by atoms with E-state index >= 15 is 0 Å². The molecule has 0 atom stereocenters. The molecule has 76 valence electrons. The molecule has 3 nitrogen and oxygen atoms in total. The molecule has 1 aromatic carbocycles. The van der Waals surface area contributed by atoms with Crippen LogP contribution in [0.3, 0.4) is 0 Å². The third-order valence-corrected chi connectivity index (χ3v) is 3.02. The van der Waals surface area contributed by atoms with E-state index < -0.39 is 0 Å². The lowest BCUT2D eigenvalue weighted by Crippen LogP contribution is -2.20. The van der Waals surface area contributed by atoms with Gasteiger partial charge in [0.15, 0.2) is 11.5 Å². The van der Waals surface area contributed by atoms with Gasteiger partial charge in [-0.3, -0.25) is 4.90 Å². The number of rotatable bonds is 1. The summed E-state index contributed by atoms with van der Waals surface area (Å²) < 4.78 is -0.119. The van der Waals surface area contributed by atoms with Crippen molar-refractivity contribution in [1.82, 2.24) is 4.90 Å². The van der Waals surface area contributed by atoms with Crippen molar-refractivity contribution < 1.29 is 10.2 Å². The van der Waals surface area contributed by atoms with Gasteiger partial charge in [0.05, 0.1) is 4.71 Å². The van der Waals surface area contributed by atoms with Gasteiger partial charge in [-0.15, -0.1) is 25.3 Å². The second-order valence-electron chi connectivity index (χ2n) is 3.36. The van der Waals surface area contributed by atoms with E-state index in [2.05, 4.69) is 25.3 Å². The van der Waals surface area contributed by atoms with Crippen molar-refractivity contribution in [3.63, 3.8) is 0 Å². The summed E-state index contributed by atoms with van der Waals surface area (Å²) in [6, 6.07) is 3.18. The van der Waals surface area contributed by atoms with Gasteiger partial charge in [0.1, 0.15) is 0 Å². The maximum Gasteiger partial charge on any atom is 0.157 e. The molecule has 1 aliphatic rings. The molecular weight excluding hydrogens is 218 g/mol. The Hall–Kier alpha value is -0.520. The molecule has 14 heavy (non-hydrogen) atoms. The third-order valence-electron chi connectivity index (χ3n) is 2.37. The molecule has 1 aliphatic heterocycles. The van der Waals surface area contributed by atoms with Crippen molar-refractivity contribution in [1.29, 1.82) is 0 Å². The first-order valence-electron chi connectivity index (χ1n) is 4.22. The normalized spacial score (nSPS) is 16.2. The third kappa shape index (κ3) is 1.67. The maximum atomic E-state index is 9.30. The van der Waals surface area contributed by atoms with Crippen LogP contribution >= 0.6 is 25.3 Å². The van der Waals surface area contributed by atoms with Crippen LogP contribution in [0.1, 0.15) is 11.1 Å². The Balaban J connectivity index is 2.31. The van der Waals surface area contributed by atoms with E-state index in [4.69, 9.17) is 0 Å². The van der Waals surface area contributed by atoms with Crippen molar-refractivity contribution in [3.05, 3.63) is 23.3 Å². The smallest absolute Gasteiger partial charge is 0.157 e. The van der Waals surface area contributed by atoms with Gasteiger partial charge in [0, 0.05) is 13.1 Å². The summed E-state index contributed by atoms with van der Waals surface area (Å²) in [6.07, 6.45) is 0. The lowest BCUT2D eigenvalue weighted by molar-refractivity contribution is 0.321. The summed E-state index contributed by atoms with van der Waals surface area (Å²) in [5.41, 5.74) is 2.04. The first-order chi connectivity index (χ1) is 6.58. The van der Waals surface area contributed by atoms with E-state index in [9.17, 15) is 10.2 Å². The summed E-state index contributed by atoms with van der Waals surface area (Å²) in [4.78, 5) is 2.02. The van der Waals surface area contributed by atoms with Crippen molar-refractivity contribution in [2.45, 2.75) is 17.8 Å². The largest absolute Gasteiger partial charge is 0.504 e. The van der Waals surface area contributed by atoms with Gasteiger partial charge in [-0.05, 0) is 23.3 Å². The molecule has 2 rings (SSSR count). The highest BCUT2D eigenvalue weighted by atomic mass is 32.2. The zero-order chi connectivity index (χ0) is 10.3. The number of phenolic OH excluding ortho intramolecular Hbond substituents is 2. The Morgan fingerprint density at radius 3 is 1.86 bits per heavy atom. The summed E-state index contributed by atoms with van der Waals surface area (Å²) >= 11 is 8.43. The molecule has 5 heteroatoms. The predicted octanol–water partition coefficient (Wildman–Crippen LogP) is 1.56. The number of hydrogen-bond acceptors (Lipinski definition) is 5. The molecule has 0 unspecified atom stereocenters. The lowest BCUT2D eigenvalue weighted by Gasteiger charge is -2.17. The van der Waals surface area contributed by atoms with Gasteiger partial charge in [0.2, 0.25) is 0 Å². The highest BCUT2D eigenvalue weighted by molar-refractivity contribution is 7.99. The monoisotopic (exact) mass is 229 g/mol. The fourth-order valence-corrected chi connectivity index (χ4v) is 1.94. The molecule has 1 heterocycles. The number of fused-ring (bicyclic) bond motifs is 1. The van der Waals surface area contributed by atoms with E-state index in [1.807, 2.05) is 4.90 Å². The SMILES string of the molecule is Oc1cc2c(cc1O)CN(C(S)S)C2. The number of nitrogens with zero attached hydrogens (tertiary/aromatic N) is 1. The van der Waals surface area contributed by atoms with E-state index in [0.29, 0.717) is 13.1 Å². The quantitative estimate of drug-likeness (QED) is 0.336. The van der Waals surface area contributed by atoms with Crippen molar-refractivity contribution in [2.24, 2.45) is 0 Å². The molecule has 0 amide bonds. The van der Waals surface area contributed by atoms with Gasteiger partial charge < -0.3 is 10.2 Å². The molecule has 0 aliphatic carbocycles. The average molecular weight is 229 g/mol. The van der Waals surface area contributed by atoms with Gasteiger partial charge in [-0.2, -0.15) is 0 Å². The van der Waals surface area contributed by atoms with Crippen LogP contribution in [0.4, 0.5) is 0 Å². The molecule has 2 N–H and O–H groups in total. The summed E-state index contributed by atoms with van der Waals surface area (Å²) in [5, 5.41) is 18.6. The minimum Gasteiger partial charge on any atom is -0.504 e. The minimum absolute atomic E-state index is 0.0690. The zero-order valence-corrected chi connectivity index (χ0v) is 9.17. The fourth-order valence-electron chi connectivity index (χ4n) is 1.61. The molecule has 0 saturated carbocycles.